The van der Waals surface area contributed by atoms with E-state index in [-0.39, 0.29) is 0 Å². The predicted octanol–water partition coefficient (Wildman–Crippen LogP) is 4.48. The minimum absolute atomic E-state index is 0.813. The number of halogens is 1. The van der Waals surface area contributed by atoms with Gasteiger partial charge in [0.2, 0.25) is 0 Å². The lowest BCUT2D eigenvalue weighted by Gasteiger charge is -2.13. The first-order chi connectivity index (χ1) is 10.3. The SMILES string of the molecule is Clc1ccc(CNCCCCCCCN2CCCC2)cc1. The monoisotopic (exact) mass is 308 g/mol. The molecule has 1 N–H and O–H groups in total. The third-order valence-corrected chi connectivity index (χ3v) is 4.52. The van der Waals surface area contributed by atoms with Gasteiger partial charge in [-0.15, -0.1) is 0 Å². The second-order valence-corrected chi connectivity index (χ2v) is 6.56. The average Bonchev–Trinajstić information content (AvgIpc) is 3.01. The van der Waals surface area contributed by atoms with E-state index >= 15 is 0 Å². The topological polar surface area (TPSA) is 15.3 Å². The molecule has 1 aliphatic heterocycles. The Morgan fingerprint density at radius 2 is 1.57 bits per heavy atom. The summed E-state index contributed by atoms with van der Waals surface area (Å²) in [6, 6.07) is 8.10. The fraction of sp³-hybridized carbons (Fsp3) is 0.667. The number of unbranched alkanes of at least 4 members (excludes halogenated alkanes) is 4. The molecule has 118 valence electrons. The van der Waals surface area contributed by atoms with Crippen molar-refractivity contribution in [1.82, 2.24) is 10.2 Å². The van der Waals surface area contributed by atoms with Gasteiger partial charge in [0.1, 0.15) is 0 Å². The van der Waals surface area contributed by atoms with Crippen LogP contribution in [0.4, 0.5) is 0 Å². The summed E-state index contributed by atoms with van der Waals surface area (Å²) in [7, 11) is 0. The van der Waals surface area contributed by atoms with E-state index in [1.165, 1.54) is 70.1 Å². The summed E-state index contributed by atoms with van der Waals surface area (Å²) >= 11 is 5.87. The van der Waals surface area contributed by atoms with Gasteiger partial charge < -0.3 is 10.2 Å². The largest absolute Gasteiger partial charge is 0.313 e. The van der Waals surface area contributed by atoms with Crippen molar-refractivity contribution in [2.75, 3.05) is 26.2 Å². The second kappa shape index (κ2) is 10.2. The zero-order chi connectivity index (χ0) is 14.8. The van der Waals surface area contributed by atoms with Crippen molar-refractivity contribution in [2.24, 2.45) is 0 Å². The highest BCUT2D eigenvalue weighted by molar-refractivity contribution is 6.30. The first-order valence-corrected chi connectivity index (χ1v) is 8.90. The Balaban J connectivity index is 1.37. The lowest BCUT2D eigenvalue weighted by molar-refractivity contribution is 0.327. The number of likely N-dealkylation sites (tertiary alicyclic amines) is 1. The highest BCUT2D eigenvalue weighted by Crippen LogP contribution is 2.11. The fourth-order valence-corrected chi connectivity index (χ4v) is 3.08. The van der Waals surface area contributed by atoms with Crippen molar-refractivity contribution in [1.29, 1.82) is 0 Å². The number of nitrogens with zero attached hydrogens (tertiary/aromatic N) is 1. The molecule has 0 aliphatic carbocycles. The Kier molecular flexibility index (Phi) is 8.16. The Morgan fingerprint density at radius 3 is 2.33 bits per heavy atom. The molecular weight excluding hydrogens is 280 g/mol. The van der Waals surface area contributed by atoms with Crippen molar-refractivity contribution >= 4 is 11.6 Å². The number of nitrogens with one attached hydrogen (secondary N) is 1. The van der Waals surface area contributed by atoms with Crippen LogP contribution in [0, 0.1) is 0 Å². The van der Waals surface area contributed by atoms with Crippen LogP contribution < -0.4 is 5.32 Å². The van der Waals surface area contributed by atoms with E-state index in [2.05, 4.69) is 22.3 Å². The quantitative estimate of drug-likeness (QED) is 0.641. The Bertz CT molecular complexity index is 371. The molecule has 1 saturated heterocycles. The van der Waals surface area contributed by atoms with Gasteiger partial charge in [-0.25, -0.2) is 0 Å². The van der Waals surface area contributed by atoms with Crippen LogP contribution in [0.2, 0.25) is 5.02 Å². The van der Waals surface area contributed by atoms with Gasteiger partial charge in [0.25, 0.3) is 0 Å². The smallest absolute Gasteiger partial charge is 0.0406 e. The maximum atomic E-state index is 5.87. The lowest BCUT2D eigenvalue weighted by Crippen LogP contribution is -2.20. The van der Waals surface area contributed by atoms with Gasteiger partial charge in [-0.2, -0.15) is 0 Å². The lowest BCUT2D eigenvalue weighted by atomic mass is 10.1. The molecule has 2 rings (SSSR count). The van der Waals surface area contributed by atoms with Crippen LogP contribution >= 0.6 is 11.6 Å². The molecule has 0 unspecified atom stereocenters. The van der Waals surface area contributed by atoms with E-state index in [0.29, 0.717) is 0 Å². The minimum atomic E-state index is 0.813. The van der Waals surface area contributed by atoms with Crippen LogP contribution in [-0.2, 0) is 6.54 Å². The van der Waals surface area contributed by atoms with Gasteiger partial charge >= 0.3 is 0 Å². The van der Waals surface area contributed by atoms with Crippen LogP contribution in [0.5, 0.6) is 0 Å². The molecule has 0 radical (unpaired) electrons. The third-order valence-electron chi connectivity index (χ3n) is 4.27. The van der Waals surface area contributed by atoms with Crippen LogP contribution in [0.25, 0.3) is 0 Å². The number of hydrogen-bond donors (Lipinski definition) is 1. The molecule has 0 spiro atoms. The van der Waals surface area contributed by atoms with E-state index in [4.69, 9.17) is 11.6 Å². The molecular formula is C18H29ClN2. The van der Waals surface area contributed by atoms with E-state index in [1.54, 1.807) is 0 Å². The maximum absolute atomic E-state index is 5.87. The van der Waals surface area contributed by atoms with Crippen LogP contribution in [0.1, 0.15) is 50.5 Å². The molecule has 2 nitrogen and oxygen atoms in total. The van der Waals surface area contributed by atoms with Crippen molar-refractivity contribution < 1.29 is 0 Å². The van der Waals surface area contributed by atoms with Crippen molar-refractivity contribution in [3.05, 3.63) is 34.9 Å². The summed E-state index contributed by atoms with van der Waals surface area (Å²) in [4.78, 5) is 2.62. The zero-order valence-corrected chi connectivity index (χ0v) is 13.9. The molecule has 3 heteroatoms. The third kappa shape index (κ3) is 7.30. The predicted molar refractivity (Wildman–Crippen MR) is 91.9 cm³/mol. The molecule has 1 aromatic carbocycles. The summed E-state index contributed by atoms with van der Waals surface area (Å²) in [5.74, 6) is 0. The Hall–Kier alpha value is -0.570. The molecule has 0 bridgehead atoms. The van der Waals surface area contributed by atoms with Gasteiger partial charge in [-0.1, -0.05) is 43.0 Å². The highest BCUT2D eigenvalue weighted by atomic mass is 35.5. The Morgan fingerprint density at radius 1 is 0.905 bits per heavy atom. The van der Waals surface area contributed by atoms with Crippen molar-refractivity contribution in [2.45, 2.75) is 51.5 Å². The van der Waals surface area contributed by atoms with E-state index in [0.717, 1.165) is 18.1 Å². The molecule has 21 heavy (non-hydrogen) atoms. The summed E-state index contributed by atoms with van der Waals surface area (Å²) in [6.45, 7) is 6.08. The number of rotatable bonds is 10. The number of hydrogen-bond acceptors (Lipinski definition) is 2. The summed E-state index contributed by atoms with van der Waals surface area (Å²) in [6.07, 6.45) is 9.64. The van der Waals surface area contributed by atoms with Crippen molar-refractivity contribution in [3.8, 4) is 0 Å². The van der Waals surface area contributed by atoms with Crippen LogP contribution in [0.15, 0.2) is 24.3 Å². The van der Waals surface area contributed by atoms with E-state index < -0.39 is 0 Å². The summed E-state index contributed by atoms with van der Waals surface area (Å²) in [5.41, 5.74) is 1.31. The van der Waals surface area contributed by atoms with Gasteiger partial charge in [-0.3, -0.25) is 0 Å². The first kappa shape index (κ1) is 16.8. The molecule has 0 saturated carbocycles. The molecule has 1 aliphatic rings. The zero-order valence-electron chi connectivity index (χ0n) is 13.1. The normalized spacial score (nSPS) is 15.7. The maximum Gasteiger partial charge on any atom is 0.0406 e. The van der Waals surface area contributed by atoms with Gasteiger partial charge in [0.15, 0.2) is 0 Å². The van der Waals surface area contributed by atoms with Gasteiger partial charge in [-0.05, 0) is 69.6 Å². The molecule has 1 aromatic rings. The number of benzene rings is 1. The molecule has 0 amide bonds. The van der Waals surface area contributed by atoms with Gasteiger partial charge in [0.05, 0.1) is 0 Å². The average molecular weight is 309 g/mol. The fourth-order valence-electron chi connectivity index (χ4n) is 2.96. The van der Waals surface area contributed by atoms with Crippen LogP contribution in [0.3, 0.4) is 0 Å². The molecule has 1 fully saturated rings. The van der Waals surface area contributed by atoms with Gasteiger partial charge in [0, 0.05) is 11.6 Å². The van der Waals surface area contributed by atoms with Crippen molar-refractivity contribution in [3.63, 3.8) is 0 Å². The van der Waals surface area contributed by atoms with E-state index in [1.807, 2.05) is 12.1 Å². The second-order valence-electron chi connectivity index (χ2n) is 6.12. The minimum Gasteiger partial charge on any atom is -0.313 e. The molecule has 0 atom stereocenters. The summed E-state index contributed by atoms with van der Waals surface area (Å²) < 4.78 is 0. The standard InChI is InChI=1S/C18H29ClN2/c19-18-10-8-17(9-11-18)16-20-12-4-2-1-3-5-13-21-14-6-7-15-21/h8-11,20H,1-7,12-16H2. The highest BCUT2D eigenvalue weighted by Gasteiger charge is 2.09. The van der Waals surface area contributed by atoms with E-state index in [9.17, 15) is 0 Å². The Labute approximate surface area is 134 Å². The van der Waals surface area contributed by atoms with Crippen LogP contribution in [-0.4, -0.2) is 31.1 Å². The first-order valence-electron chi connectivity index (χ1n) is 8.52. The summed E-state index contributed by atoms with van der Waals surface area (Å²) in [5, 5.41) is 4.32. The molecule has 0 aromatic heterocycles. The molecule has 1 heterocycles.